The Morgan fingerprint density at radius 1 is 1.15 bits per heavy atom. The number of carbonyl (C=O) groups excluding carboxylic acids is 1. The first kappa shape index (κ1) is 17.3. The number of benzene rings is 2. The van der Waals surface area contributed by atoms with Crippen molar-refractivity contribution in [2.75, 3.05) is 0 Å². The first-order valence-corrected chi connectivity index (χ1v) is 8.01. The molecule has 3 aromatic rings. The highest BCUT2D eigenvalue weighted by molar-refractivity contribution is 5.92. The Morgan fingerprint density at radius 3 is 2.54 bits per heavy atom. The Labute approximate surface area is 148 Å². The van der Waals surface area contributed by atoms with Crippen molar-refractivity contribution < 1.29 is 18.9 Å². The summed E-state index contributed by atoms with van der Waals surface area (Å²) in [7, 11) is 0. The van der Waals surface area contributed by atoms with E-state index in [0.29, 0.717) is 5.58 Å². The van der Waals surface area contributed by atoms with Crippen molar-refractivity contribution >= 4 is 22.6 Å². The SMILES string of the molecule is CCCc1cc(=O)oc2cc(OC(=O)c3ccc([N+](=O)[O-])cc3)ccc12. The number of nitro groups is 1. The number of non-ortho nitro benzene ring substituents is 1. The molecule has 0 fully saturated rings. The van der Waals surface area contributed by atoms with Crippen LogP contribution in [0.5, 0.6) is 5.75 Å². The third-order valence-corrected chi connectivity index (χ3v) is 3.85. The van der Waals surface area contributed by atoms with Crippen molar-refractivity contribution in [2.45, 2.75) is 19.8 Å². The van der Waals surface area contributed by atoms with Gasteiger partial charge in [-0.1, -0.05) is 13.3 Å². The standard InChI is InChI=1S/C19H15NO6/c1-2-3-13-10-18(21)26-17-11-15(8-9-16(13)17)25-19(22)12-4-6-14(7-5-12)20(23)24/h4-11H,2-3H2,1H3. The molecule has 0 bridgehead atoms. The lowest BCUT2D eigenvalue weighted by atomic mass is 10.1. The second-order valence-corrected chi connectivity index (χ2v) is 5.69. The highest BCUT2D eigenvalue weighted by Gasteiger charge is 2.13. The van der Waals surface area contributed by atoms with Gasteiger partial charge in [0.1, 0.15) is 11.3 Å². The van der Waals surface area contributed by atoms with Crippen LogP contribution in [0.4, 0.5) is 5.69 Å². The van der Waals surface area contributed by atoms with E-state index in [2.05, 4.69) is 0 Å². The summed E-state index contributed by atoms with van der Waals surface area (Å²) in [5, 5.41) is 11.4. The molecule has 0 saturated carbocycles. The van der Waals surface area contributed by atoms with E-state index in [9.17, 15) is 19.7 Å². The van der Waals surface area contributed by atoms with Gasteiger partial charge in [0, 0.05) is 29.7 Å². The first-order valence-electron chi connectivity index (χ1n) is 8.01. The molecule has 1 heterocycles. The van der Waals surface area contributed by atoms with E-state index < -0.39 is 16.5 Å². The maximum absolute atomic E-state index is 12.2. The quantitative estimate of drug-likeness (QED) is 0.227. The molecular weight excluding hydrogens is 338 g/mol. The van der Waals surface area contributed by atoms with Gasteiger partial charge in [-0.2, -0.15) is 0 Å². The zero-order valence-electron chi connectivity index (χ0n) is 13.9. The molecule has 0 unspecified atom stereocenters. The maximum atomic E-state index is 12.2. The van der Waals surface area contributed by atoms with Crippen LogP contribution in [-0.4, -0.2) is 10.9 Å². The number of rotatable bonds is 5. The molecule has 0 aliphatic carbocycles. The highest BCUT2D eigenvalue weighted by Crippen LogP contribution is 2.24. The van der Waals surface area contributed by atoms with Gasteiger partial charge in [-0.15, -0.1) is 0 Å². The van der Waals surface area contributed by atoms with Crippen molar-refractivity contribution in [3.05, 3.63) is 80.2 Å². The Morgan fingerprint density at radius 2 is 1.88 bits per heavy atom. The summed E-state index contributed by atoms with van der Waals surface area (Å²) in [6, 6.07) is 11.4. The number of hydrogen-bond acceptors (Lipinski definition) is 6. The zero-order chi connectivity index (χ0) is 18.7. The van der Waals surface area contributed by atoms with Gasteiger partial charge in [0.15, 0.2) is 0 Å². The second-order valence-electron chi connectivity index (χ2n) is 5.69. The van der Waals surface area contributed by atoms with Crippen molar-refractivity contribution in [1.82, 2.24) is 0 Å². The lowest BCUT2D eigenvalue weighted by Gasteiger charge is -2.07. The molecule has 0 radical (unpaired) electrons. The van der Waals surface area contributed by atoms with E-state index in [4.69, 9.17) is 9.15 Å². The molecule has 2 aromatic carbocycles. The average Bonchev–Trinajstić information content (AvgIpc) is 2.61. The van der Waals surface area contributed by atoms with Crippen LogP contribution in [0.25, 0.3) is 11.0 Å². The van der Waals surface area contributed by atoms with Gasteiger partial charge in [-0.05, 0) is 36.2 Å². The predicted molar refractivity (Wildman–Crippen MR) is 94.5 cm³/mol. The zero-order valence-corrected chi connectivity index (χ0v) is 13.9. The van der Waals surface area contributed by atoms with Crippen LogP contribution in [0.1, 0.15) is 29.3 Å². The molecule has 1 aromatic heterocycles. The van der Waals surface area contributed by atoms with Gasteiger partial charge in [0.2, 0.25) is 0 Å². The molecule has 7 heteroatoms. The van der Waals surface area contributed by atoms with Crippen LogP contribution in [0, 0.1) is 10.1 Å². The Kier molecular flexibility index (Phi) is 4.79. The molecule has 0 amide bonds. The van der Waals surface area contributed by atoms with E-state index in [0.717, 1.165) is 23.8 Å². The molecular formula is C19H15NO6. The van der Waals surface area contributed by atoms with E-state index >= 15 is 0 Å². The number of hydrogen-bond donors (Lipinski definition) is 0. The van der Waals surface area contributed by atoms with Gasteiger partial charge in [0.25, 0.3) is 5.69 Å². The molecule has 0 N–H and O–H groups in total. The maximum Gasteiger partial charge on any atom is 0.343 e. The fraction of sp³-hybridized carbons (Fsp3) is 0.158. The van der Waals surface area contributed by atoms with Crippen molar-refractivity contribution in [2.24, 2.45) is 0 Å². The van der Waals surface area contributed by atoms with Gasteiger partial charge in [-0.25, -0.2) is 9.59 Å². The fourth-order valence-electron chi connectivity index (χ4n) is 2.64. The summed E-state index contributed by atoms with van der Waals surface area (Å²) < 4.78 is 10.5. The Hall–Kier alpha value is -3.48. The molecule has 132 valence electrons. The van der Waals surface area contributed by atoms with E-state index in [1.807, 2.05) is 6.92 Å². The first-order chi connectivity index (χ1) is 12.5. The minimum absolute atomic E-state index is 0.113. The summed E-state index contributed by atoms with van der Waals surface area (Å²) in [6.07, 6.45) is 1.62. The number of aryl methyl sites for hydroxylation is 1. The van der Waals surface area contributed by atoms with Gasteiger partial charge < -0.3 is 9.15 Å². The van der Waals surface area contributed by atoms with Crippen molar-refractivity contribution in [3.8, 4) is 5.75 Å². The molecule has 3 rings (SSSR count). The van der Waals surface area contributed by atoms with Gasteiger partial charge in [0.05, 0.1) is 10.5 Å². The average molecular weight is 353 g/mol. The van der Waals surface area contributed by atoms with Crippen molar-refractivity contribution in [3.63, 3.8) is 0 Å². The van der Waals surface area contributed by atoms with Crippen LogP contribution in [0.2, 0.25) is 0 Å². The largest absolute Gasteiger partial charge is 0.423 e. The van der Waals surface area contributed by atoms with Gasteiger partial charge >= 0.3 is 11.6 Å². The Balaban J connectivity index is 1.87. The third-order valence-electron chi connectivity index (χ3n) is 3.85. The number of nitrogens with zero attached hydrogens (tertiary/aromatic N) is 1. The monoisotopic (exact) mass is 353 g/mol. The molecule has 0 saturated heterocycles. The molecule has 7 nitrogen and oxygen atoms in total. The molecule has 0 aliphatic rings. The van der Waals surface area contributed by atoms with Gasteiger partial charge in [-0.3, -0.25) is 10.1 Å². The number of ether oxygens (including phenoxy) is 1. The molecule has 0 spiro atoms. The normalized spacial score (nSPS) is 10.7. The van der Waals surface area contributed by atoms with E-state index in [1.54, 1.807) is 12.1 Å². The highest BCUT2D eigenvalue weighted by atomic mass is 16.6. The van der Waals surface area contributed by atoms with Crippen LogP contribution in [-0.2, 0) is 6.42 Å². The summed E-state index contributed by atoms with van der Waals surface area (Å²) in [5.41, 5.74) is 0.830. The number of carbonyl (C=O) groups is 1. The summed E-state index contributed by atoms with van der Waals surface area (Å²) in [4.78, 5) is 34.0. The van der Waals surface area contributed by atoms with Crippen LogP contribution < -0.4 is 10.4 Å². The van der Waals surface area contributed by atoms with E-state index in [-0.39, 0.29) is 17.0 Å². The topological polar surface area (TPSA) is 99.7 Å². The lowest BCUT2D eigenvalue weighted by molar-refractivity contribution is -0.384. The second kappa shape index (κ2) is 7.18. The van der Waals surface area contributed by atoms with E-state index in [1.165, 1.54) is 36.4 Å². The third kappa shape index (κ3) is 3.61. The minimum atomic E-state index is -0.661. The summed E-state index contributed by atoms with van der Waals surface area (Å²) >= 11 is 0. The molecule has 0 aliphatic heterocycles. The Bertz CT molecular complexity index is 1040. The number of nitro benzene ring substituents is 1. The lowest BCUT2D eigenvalue weighted by Crippen LogP contribution is -2.08. The van der Waals surface area contributed by atoms with Crippen LogP contribution in [0.15, 0.2) is 57.7 Å². The summed E-state index contributed by atoms with van der Waals surface area (Å²) in [6.45, 7) is 2.01. The van der Waals surface area contributed by atoms with Crippen LogP contribution in [0.3, 0.4) is 0 Å². The van der Waals surface area contributed by atoms with Crippen LogP contribution >= 0.6 is 0 Å². The number of esters is 1. The molecule has 0 atom stereocenters. The smallest absolute Gasteiger partial charge is 0.343 e. The summed E-state index contributed by atoms with van der Waals surface area (Å²) in [5.74, 6) is -0.441. The minimum Gasteiger partial charge on any atom is -0.423 e. The predicted octanol–water partition coefficient (Wildman–Crippen LogP) is 3.87. The molecule has 26 heavy (non-hydrogen) atoms. The number of fused-ring (bicyclic) bond motifs is 1. The van der Waals surface area contributed by atoms with Crippen molar-refractivity contribution in [1.29, 1.82) is 0 Å². The fourth-order valence-corrected chi connectivity index (χ4v) is 2.64.